The van der Waals surface area contributed by atoms with E-state index in [1.54, 1.807) is 14.2 Å². The second kappa shape index (κ2) is 9.14. The van der Waals surface area contributed by atoms with Crippen LogP contribution in [0, 0.1) is 0 Å². The number of hydrogen-bond donors (Lipinski definition) is 1. The first-order chi connectivity index (χ1) is 13.6. The summed E-state index contributed by atoms with van der Waals surface area (Å²) >= 11 is 1.39. The fraction of sp³-hybridized carbons (Fsp3) is 0.450. The van der Waals surface area contributed by atoms with Crippen LogP contribution in [-0.2, 0) is 30.6 Å². The van der Waals surface area contributed by atoms with Crippen LogP contribution in [0.15, 0.2) is 28.2 Å². The lowest BCUT2D eigenvalue weighted by atomic mass is 10.1. The molecule has 3 rings (SSSR count). The molecule has 0 atom stereocenters. The predicted molar refractivity (Wildman–Crippen MR) is 109 cm³/mol. The molecule has 1 heterocycles. The van der Waals surface area contributed by atoms with E-state index in [-0.39, 0.29) is 18.0 Å². The van der Waals surface area contributed by atoms with Gasteiger partial charge in [-0.25, -0.2) is 4.98 Å². The number of hydrogen-bond acceptors (Lipinski definition) is 6. The van der Waals surface area contributed by atoms with Gasteiger partial charge >= 0.3 is 0 Å². The smallest absolute Gasteiger partial charge is 0.258 e. The third kappa shape index (κ3) is 4.32. The van der Waals surface area contributed by atoms with Crippen LogP contribution in [0.4, 0.5) is 0 Å². The van der Waals surface area contributed by atoms with Gasteiger partial charge in [0.2, 0.25) is 5.91 Å². The second-order valence-corrected chi connectivity index (χ2v) is 7.33. The monoisotopic (exact) mass is 403 g/mol. The van der Waals surface area contributed by atoms with Crippen molar-refractivity contribution >= 4 is 17.7 Å². The Bertz CT molecular complexity index is 926. The van der Waals surface area contributed by atoms with E-state index in [2.05, 4.69) is 10.3 Å². The van der Waals surface area contributed by atoms with E-state index in [9.17, 15) is 9.59 Å². The van der Waals surface area contributed by atoms with Crippen LogP contribution in [0.2, 0.25) is 0 Å². The minimum absolute atomic E-state index is 0.0127. The van der Waals surface area contributed by atoms with Gasteiger partial charge in [0.1, 0.15) is 6.54 Å². The molecule has 1 aliphatic rings. The van der Waals surface area contributed by atoms with Gasteiger partial charge in [-0.15, -0.1) is 0 Å². The molecule has 150 valence electrons. The van der Waals surface area contributed by atoms with E-state index < -0.39 is 0 Å². The first-order valence-corrected chi connectivity index (χ1v) is 10.4. The molecule has 1 aliphatic carbocycles. The number of nitrogens with one attached hydrogen (secondary N) is 1. The van der Waals surface area contributed by atoms with Crippen LogP contribution >= 0.6 is 11.8 Å². The Kier molecular flexibility index (Phi) is 6.61. The number of methoxy groups -OCH3 is 2. The molecule has 0 aliphatic heterocycles. The Labute approximate surface area is 168 Å². The highest BCUT2D eigenvalue weighted by molar-refractivity contribution is 7.98. The van der Waals surface area contributed by atoms with Crippen molar-refractivity contribution in [3.8, 4) is 11.5 Å². The van der Waals surface area contributed by atoms with Crippen molar-refractivity contribution in [2.24, 2.45) is 0 Å². The normalized spacial score (nSPS) is 12.5. The lowest BCUT2D eigenvalue weighted by molar-refractivity contribution is -0.121. The minimum Gasteiger partial charge on any atom is -0.493 e. The SMILES string of the molecule is COc1ccc(CCNC(=O)Cn2c(SC)nc3c(c2=O)CCC3)cc1OC. The molecule has 0 bridgehead atoms. The van der Waals surface area contributed by atoms with Gasteiger partial charge in [-0.2, -0.15) is 0 Å². The molecule has 8 heteroatoms. The number of ether oxygens (including phenoxy) is 2. The number of rotatable bonds is 8. The van der Waals surface area contributed by atoms with Crippen LogP contribution < -0.4 is 20.3 Å². The molecule has 28 heavy (non-hydrogen) atoms. The summed E-state index contributed by atoms with van der Waals surface area (Å²) in [5.74, 6) is 1.13. The Morgan fingerprint density at radius 2 is 2.04 bits per heavy atom. The largest absolute Gasteiger partial charge is 0.493 e. The summed E-state index contributed by atoms with van der Waals surface area (Å²) in [5.41, 5.74) is 2.59. The number of carbonyl (C=O) groups is 1. The quantitative estimate of drug-likeness (QED) is 0.535. The molecule has 0 saturated heterocycles. The van der Waals surface area contributed by atoms with Gasteiger partial charge in [-0.05, 0) is 49.6 Å². The lowest BCUT2D eigenvalue weighted by Crippen LogP contribution is -2.35. The van der Waals surface area contributed by atoms with E-state index in [1.165, 1.54) is 16.3 Å². The van der Waals surface area contributed by atoms with Gasteiger partial charge in [0.15, 0.2) is 16.7 Å². The van der Waals surface area contributed by atoms with Gasteiger partial charge in [0.05, 0.1) is 19.9 Å². The molecular formula is C20H25N3O4S. The van der Waals surface area contributed by atoms with Crippen LogP contribution in [0.1, 0.15) is 23.2 Å². The van der Waals surface area contributed by atoms with Crippen molar-refractivity contribution in [3.05, 3.63) is 45.4 Å². The molecule has 1 N–H and O–H groups in total. The molecule has 0 radical (unpaired) electrons. The van der Waals surface area contributed by atoms with E-state index >= 15 is 0 Å². The topological polar surface area (TPSA) is 82.5 Å². The van der Waals surface area contributed by atoms with Crippen molar-refractivity contribution in [1.29, 1.82) is 0 Å². The number of aromatic nitrogens is 2. The summed E-state index contributed by atoms with van der Waals surface area (Å²) in [6.45, 7) is 0.456. The highest BCUT2D eigenvalue weighted by atomic mass is 32.2. The highest BCUT2D eigenvalue weighted by Gasteiger charge is 2.21. The Morgan fingerprint density at radius 1 is 1.25 bits per heavy atom. The average Bonchev–Trinajstić information content (AvgIpc) is 3.18. The molecule has 0 spiro atoms. The number of carbonyl (C=O) groups excluding carboxylic acids is 1. The maximum absolute atomic E-state index is 12.7. The molecule has 7 nitrogen and oxygen atoms in total. The maximum atomic E-state index is 12.7. The number of amides is 1. The Balaban J connectivity index is 1.62. The zero-order chi connectivity index (χ0) is 20.1. The number of nitrogens with zero attached hydrogens (tertiary/aromatic N) is 2. The fourth-order valence-electron chi connectivity index (χ4n) is 3.38. The molecule has 0 unspecified atom stereocenters. The first-order valence-electron chi connectivity index (χ1n) is 9.21. The van der Waals surface area contributed by atoms with Gasteiger partial charge in [-0.3, -0.25) is 14.2 Å². The third-order valence-corrected chi connectivity index (χ3v) is 5.50. The van der Waals surface area contributed by atoms with E-state index in [4.69, 9.17) is 9.47 Å². The number of fused-ring (bicyclic) bond motifs is 1. The lowest BCUT2D eigenvalue weighted by Gasteiger charge is -2.13. The zero-order valence-corrected chi connectivity index (χ0v) is 17.2. The van der Waals surface area contributed by atoms with E-state index in [1.807, 2.05) is 24.5 Å². The van der Waals surface area contributed by atoms with Gasteiger partial charge in [0, 0.05) is 12.1 Å². The van der Waals surface area contributed by atoms with E-state index in [0.717, 1.165) is 36.1 Å². The van der Waals surface area contributed by atoms with Crippen LogP contribution in [0.5, 0.6) is 11.5 Å². The van der Waals surface area contributed by atoms with Crippen molar-refractivity contribution in [2.75, 3.05) is 27.0 Å². The Morgan fingerprint density at radius 3 is 2.75 bits per heavy atom. The van der Waals surface area contributed by atoms with Crippen LogP contribution in [-0.4, -0.2) is 42.5 Å². The van der Waals surface area contributed by atoms with Crippen molar-refractivity contribution in [3.63, 3.8) is 0 Å². The summed E-state index contributed by atoms with van der Waals surface area (Å²) in [6.07, 6.45) is 5.06. The van der Waals surface area contributed by atoms with Gasteiger partial charge in [-0.1, -0.05) is 17.8 Å². The highest BCUT2D eigenvalue weighted by Crippen LogP contribution is 2.27. The molecule has 2 aromatic rings. The molecule has 1 amide bonds. The maximum Gasteiger partial charge on any atom is 0.258 e. The summed E-state index contributed by atoms with van der Waals surface area (Å²) in [7, 11) is 3.19. The number of aryl methyl sites for hydroxylation is 1. The molecule has 0 fully saturated rings. The zero-order valence-electron chi connectivity index (χ0n) is 16.4. The number of thioether (sulfide) groups is 1. The van der Waals surface area contributed by atoms with Crippen molar-refractivity contribution < 1.29 is 14.3 Å². The molecular weight excluding hydrogens is 378 g/mol. The standard InChI is InChI=1S/C20H25N3O4S/c1-26-16-8-7-13(11-17(16)27-2)9-10-21-18(24)12-23-19(25)14-5-4-6-15(14)22-20(23)28-3/h7-8,11H,4-6,9-10,12H2,1-3H3,(H,21,24). The minimum atomic E-state index is -0.197. The molecule has 1 aromatic carbocycles. The summed E-state index contributed by atoms with van der Waals surface area (Å²) in [6, 6.07) is 5.68. The van der Waals surface area contributed by atoms with Crippen LogP contribution in [0.3, 0.4) is 0 Å². The summed E-state index contributed by atoms with van der Waals surface area (Å²) in [4.78, 5) is 29.7. The third-order valence-electron chi connectivity index (χ3n) is 4.82. The van der Waals surface area contributed by atoms with Crippen LogP contribution in [0.25, 0.3) is 0 Å². The van der Waals surface area contributed by atoms with E-state index in [0.29, 0.717) is 29.6 Å². The predicted octanol–water partition coefficient (Wildman–Crippen LogP) is 1.83. The first kappa shape index (κ1) is 20.3. The van der Waals surface area contributed by atoms with Crippen molar-refractivity contribution in [2.45, 2.75) is 37.4 Å². The Hall–Kier alpha value is -2.48. The molecule has 1 aromatic heterocycles. The fourth-order valence-corrected chi connectivity index (χ4v) is 3.95. The number of benzene rings is 1. The summed E-state index contributed by atoms with van der Waals surface area (Å²) < 4.78 is 12.0. The second-order valence-electron chi connectivity index (χ2n) is 6.56. The van der Waals surface area contributed by atoms with Gasteiger partial charge in [0.25, 0.3) is 5.56 Å². The molecule has 0 saturated carbocycles. The van der Waals surface area contributed by atoms with Crippen molar-refractivity contribution in [1.82, 2.24) is 14.9 Å². The average molecular weight is 404 g/mol. The summed E-state index contributed by atoms with van der Waals surface area (Å²) in [5, 5.41) is 3.48. The van der Waals surface area contributed by atoms with Gasteiger partial charge < -0.3 is 14.8 Å².